The summed E-state index contributed by atoms with van der Waals surface area (Å²) in [5.41, 5.74) is -0.609. The summed E-state index contributed by atoms with van der Waals surface area (Å²) in [6.07, 6.45) is 2.82. The number of hydrogen-bond donors (Lipinski definition) is 3. The lowest BCUT2D eigenvalue weighted by Gasteiger charge is -2.34. The fourth-order valence-electron chi connectivity index (χ4n) is 1.67. The molecule has 1 fully saturated rings. The van der Waals surface area contributed by atoms with Crippen LogP contribution in [0.3, 0.4) is 0 Å². The maximum atomic E-state index is 11.8. The number of amides is 1. The van der Waals surface area contributed by atoms with Crippen LogP contribution in [0.1, 0.15) is 33.1 Å². The van der Waals surface area contributed by atoms with Gasteiger partial charge < -0.3 is 15.7 Å². The van der Waals surface area contributed by atoms with Gasteiger partial charge in [0.15, 0.2) is 0 Å². The Balaban J connectivity index is 2.55. The highest BCUT2D eigenvalue weighted by Gasteiger charge is 2.35. The SMILES string of the molecule is CC(NC(=O)C1(C)CCCCN1)C(=O)O. The number of hydrogen-bond acceptors (Lipinski definition) is 3. The zero-order valence-electron chi connectivity index (χ0n) is 9.17. The van der Waals surface area contributed by atoms with Crippen molar-refractivity contribution in [3.05, 3.63) is 0 Å². The zero-order valence-corrected chi connectivity index (χ0v) is 9.17. The predicted molar refractivity (Wildman–Crippen MR) is 55.5 cm³/mol. The van der Waals surface area contributed by atoms with Crippen LogP contribution in [0.15, 0.2) is 0 Å². The molecule has 2 atom stereocenters. The Kier molecular flexibility index (Phi) is 3.68. The largest absolute Gasteiger partial charge is 0.480 e. The molecule has 1 saturated heterocycles. The molecule has 0 aromatic carbocycles. The maximum absolute atomic E-state index is 11.8. The minimum absolute atomic E-state index is 0.225. The standard InChI is InChI=1S/C10H18N2O3/c1-7(8(13)14)12-9(15)10(2)5-3-4-6-11-10/h7,11H,3-6H2,1-2H3,(H,12,15)(H,13,14). The van der Waals surface area contributed by atoms with Crippen molar-refractivity contribution in [2.75, 3.05) is 6.54 Å². The molecule has 0 spiro atoms. The van der Waals surface area contributed by atoms with Crippen LogP contribution in [0.5, 0.6) is 0 Å². The normalized spacial score (nSPS) is 28.1. The van der Waals surface area contributed by atoms with Crippen molar-refractivity contribution in [1.82, 2.24) is 10.6 Å². The Morgan fingerprint density at radius 2 is 2.13 bits per heavy atom. The van der Waals surface area contributed by atoms with E-state index in [-0.39, 0.29) is 5.91 Å². The Hall–Kier alpha value is -1.10. The van der Waals surface area contributed by atoms with Crippen LogP contribution in [-0.4, -0.2) is 35.1 Å². The number of carboxylic acids is 1. The van der Waals surface area contributed by atoms with Crippen LogP contribution in [0.25, 0.3) is 0 Å². The topological polar surface area (TPSA) is 78.4 Å². The summed E-state index contributed by atoms with van der Waals surface area (Å²) in [7, 11) is 0. The summed E-state index contributed by atoms with van der Waals surface area (Å²) < 4.78 is 0. The van der Waals surface area contributed by atoms with Gasteiger partial charge >= 0.3 is 5.97 Å². The molecular formula is C10H18N2O3. The van der Waals surface area contributed by atoms with Gasteiger partial charge in [0.1, 0.15) is 6.04 Å². The van der Waals surface area contributed by atoms with E-state index < -0.39 is 17.6 Å². The first-order valence-corrected chi connectivity index (χ1v) is 5.24. The average Bonchev–Trinajstić information content (AvgIpc) is 2.18. The molecule has 1 rings (SSSR count). The van der Waals surface area contributed by atoms with E-state index in [2.05, 4.69) is 10.6 Å². The van der Waals surface area contributed by atoms with Crippen molar-refractivity contribution >= 4 is 11.9 Å². The lowest BCUT2D eigenvalue weighted by Crippen LogP contribution is -2.59. The molecule has 0 radical (unpaired) electrons. The fraction of sp³-hybridized carbons (Fsp3) is 0.800. The Bertz CT molecular complexity index is 259. The molecule has 1 aliphatic rings. The lowest BCUT2D eigenvalue weighted by atomic mass is 9.90. The summed E-state index contributed by atoms with van der Waals surface area (Å²) in [5, 5.41) is 14.3. The quantitative estimate of drug-likeness (QED) is 0.623. The first-order valence-electron chi connectivity index (χ1n) is 5.24. The van der Waals surface area contributed by atoms with E-state index >= 15 is 0 Å². The molecule has 5 nitrogen and oxygen atoms in total. The van der Waals surface area contributed by atoms with Gasteiger partial charge in [-0.15, -0.1) is 0 Å². The van der Waals surface area contributed by atoms with Gasteiger partial charge in [-0.3, -0.25) is 9.59 Å². The fourth-order valence-corrected chi connectivity index (χ4v) is 1.67. The third kappa shape index (κ3) is 2.92. The van der Waals surface area contributed by atoms with Crippen molar-refractivity contribution < 1.29 is 14.7 Å². The maximum Gasteiger partial charge on any atom is 0.325 e. The molecule has 3 N–H and O–H groups in total. The minimum Gasteiger partial charge on any atom is -0.480 e. The van der Waals surface area contributed by atoms with Crippen molar-refractivity contribution in [1.29, 1.82) is 0 Å². The zero-order chi connectivity index (χ0) is 11.5. The molecule has 0 aliphatic carbocycles. The molecule has 0 aromatic rings. The number of rotatable bonds is 3. The first kappa shape index (κ1) is 12.0. The molecule has 1 heterocycles. The molecular weight excluding hydrogens is 196 g/mol. The highest BCUT2D eigenvalue weighted by molar-refractivity contribution is 5.89. The van der Waals surface area contributed by atoms with Crippen LogP contribution in [-0.2, 0) is 9.59 Å². The van der Waals surface area contributed by atoms with Gasteiger partial charge in [0.2, 0.25) is 5.91 Å². The number of carbonyl (C=O) groups excluding carboxylic acids is 1. The number of piperidine rings is 1. The van der Waals surface area contributed by atoms with Crippen LogP contribution in [0.4, 0.5) is 0 Å². The molecule has 1 amide bonds. The van der Waals surface area contributed by atoms with Crippen molar-refractivity contribution in [3.63, 3.8) is 0 Å². The lowest BCUT2D eigenvalue weighted by molar-refractivity contribution is -0.142. The summed E-state index contributed by atoms with van der Waals surface area (Å²) in [6.45, 7) is 4.09. The number of nitrogens with one attached hydrogen (secondary N) is 2. The van der Waals surface area contributed by atoms with Gasteiger partial charge in [-0.25, -0.2) is 0 Å². The number of carbonyl (C=O) groups is 2. The van der Waals surface area contributed by atoms with E-state index in [4.69, 9.17) is 5.11 Å². The van der Waals surface area contributed by atoms with Gasteiger partial charge in [0.25, 0.3) is 0 Å². The highest BCUT2D eigenvalue weighted by atomic mass is 16.4. The van der Waals surface area contributed by atoms with E-state index in [9.17, 15) is 9.59 Å². The van der Waals surface area contributed by atoms with Crippen molar-refractivity contribution in [2.24, 2.45) is 0 Å². The van der Waals surface area contributed by atoms with Gasteiger partial charge in [-0.05, 0) is 39.7 Å². The highest BCUT2D eigenvalue weighted by Crippen LogP contribution is 2.18. The van der Waals surface area contributed by atoms with Gasteiger partial charge in [0.05, 0.1) is 5.54 Å². The van der Waals surface area contributed by atoms with E-state index in [1.807, 2.05) is 6.92 Å². The van der Waals surface area contributed by atoms with Crippen LogP contribution < -0.4 is 10.6 Å². The molecule has 15 heavy (non-hydrogen) atoms. The van der Waals surface area contributed by atoms with Gasteiger partial charge in [-0.2, -0.15) is 0 Å². The summed E-state index contributed by atoms with van der Waals surface area (Å²) >= 11 is 0. The second-order valence-electron chi connectivity index (χ2n) is 4.25. The second kappa shape index (κ2) is 4.61. The van der Waals surface area contributed by atoms with E-state index in [1.54, 1.807) is 0 Å². The third-order valence-electron chi connectivity index (χ3n) is 2.84. The van der Waals surface area contributed by atoms with Crippen LogP contribution in [0, 0.1) is 0 Å². The number of carboxylic acid groups (broad SMARTS) is 1. The third-order valence-corrected chi connectivity index (χ3v) is 2.84. The van der Waals surface area contributed by atoms with Crippen molar-refractivity contribution in [3.8, 4) is 0 Å². The molecule has 1 aliphatic heterocycles. The average molecular weight is 214 g/mol. The summed E-state index contributed by atoms with van der Waals surface area (Å²) in [6, 6.07) is -0.835. The smallest absolute Gasteiger partial charge is 0.325 e. The van der Waals surface area contributed by atoms with Gasteiger partial charge in [-0.1, -0.05) is 0 Å². The molecule has 5 heteroatoms. The van der Waals surface area contributed by atoms with E-state index in [1.165, 1.54) is 6.92 Å². The monoisotopic (exact) mass is 214 g/mol. The Morgan fingerprint density at radius 3 is 2.60 bits per heavy atom. The van der Waals surface area contributed by atoms with Crippen molar-refractivity contribution in [2.45, 2.75) is 44.7 Å². The minimum atomic E-state index is -1.01. The molecule has 0 saturated carbocycles. The Labute approximate surface area is 89.2 Å². The first-order chi connectivity index (χ1) is 6.96. The number of aliphatic carboxylic acids is 1. The molecule has 2 unspecified atom stereocenters. The van der Waals surface area contributed by atoms with Crippen LogP contribution in [0.2, 0.25) is 0 Å². The van der Waals surface area contributed by atoms with Crippen LogP contribution >= 0.6 is 0 Å². The molecule has 86 valence electrons. The van der Waals surface area contributed by atoms with E-state index in [0.29, 0.717) is 0 Å². The summed E-state index contributed by atoms with van der Waals surface area (Å²) in [4.78, 5) is 22.4. The van der Waals surface area contributed by atoms with Gasteiger partial charge in [0, 0.05) is 0 Å². The predicted octanol–water partition coefficient (Wildman–Crippen LogP) is 0.108. The Morgan fingerprint density at radius 1 is 1.47 bits per heavy atom. The molecule has 0 bridgehead atoms. The van der Waals surface area contributed by atoms with E-state index in [0.717, 1.165) is 25.8 Å². The second-order valence-corrected chi connectivity index (χ2v) is 4.25. The summed E-state index contributed by atoms with van der Waals surface area (Å²) in [5.74, 6) is -1.24. The molecule has 0 aromatic heterocycles.